The van der Waals surface area contributed by atoms with Crippen molar-refractivity contribution in [2.45, 2.75) is 6.42 Å². The second-order valence-electron chi connectivity index (χ2n) is 3.35. The third-order valence-electron chi connectivity index (χ3n) is 2.47. The molecule has 14 heavy (non-hydrogen) atoms. The lowest BCUT2D eigenvalue weighted by Gasteiger charge is -2.33. The summed E-state index contributed by atoms with van der Waals surface area (Å²) < 4.78 is 0. The Morgan fingerprint density at radius 3 is 2.71 bits per heavy atom. The molecule has 1 heterocycles. The highest BCUT2D eigenvalue weighted by molar-refractivity contribution is 5.78. The van der Waals surface area contributed by atoms with Gasteiger partial charge in [0, 0.05) is 18.7 Å². The van der Waals surface area contributed by atoms with E-state index >= 15 is 0 Å². The molecule has 70 valence electrons. The van der Waals surface area contributed by atoms with Crippen molar-refractivity contribution in [1.29, 1.82) is 5.26 Å². The first-order chi connectivity index (χ1) is 6.85. The highest BCUT2D eigenvalue weighted by Gasteiger charge is 2.17. The predicted molar refractivity (Wildman–Crippen MR) is 53.4 cm³/mol. The third kappa shape index (κ3) is 1.35. The highest BCUT2D eigenvalue weighted by Crippen LogP contribution is 2.25. The Hall–Kier alpha value is -1.82. The summed E-state index contributed by atoms with van der Waals surface area (Å²) in [6, 6.07) is 7.36. The molecule has 3 nitrogen and oxygen atoms in total. The zero-order chi connectivity index (χ0) is 9.97. The highest BCUT2D eigenvalue weighted by atomic mass is 16.1. The quantitative estimate of drug-likeness (QED) is 0.658. The number of benzene rings is 1. The van der Waals surface area contributed by atoms with E-state index < -0.39 is 0 Å². The Balaban J connectivity index is 2.40. The van der Waals surface area contributed by atoms with Gasteiger partial charge in [0.05, 0.1) is 11.3 Å². The molecular weight excluding hydrogens is 176 g/mol. The number of nitrogens with zero attached hydrogens (tertiary/aromatic N) is 2. The van der Waals surface area contributed by atoms with Crippen LogP contribution in [0.5, 0.6) is 0 Å². The van der Waals surface area contributed by atoms with Gasteiger partial charge in [0.15, 0.2) is 0 Å². The van der Waals surface area contributed by atoms with Gasteiger partial charge in [-0.2, -0.15) is 5.26 Å². The molecule has 1 aliphatic rings. The standard InChI is InChI=1S/C11H10N2O/c12-7-10-6-9(8-14)2-3-11(10)13-4-1-5-13/h2-3,6,8H,1,4-5H2. The van der Waals surface area contributed by atoms with Crippen LogP contribution in [0.25, 0.3) is 0 Å². The van der Waals surface area contributed by atoms with Gasteiger partial charge in [-0.1, -0.05) is 0 Å². The zero-order valence-corrected chi connectivity index (χ0v) is 7.73. The fraction of sp³-hybridized carbons (Fsp3) is 0.273. The van der Waals surface area contributed by atoms with E-state index in [0.29, 0.717) is 11.1 Å². The van der Waals surface area contributed by atoms with E-state index in [9.17, 15) is 4.79 Å². The van der Waals surface area contributed by atoms with Crippen LogP contribution in [0.2, 0.25) is 0 Å². The van der Waals surface area contributed by atoms with Crippen LogP contribution in [0, 0.1) is 11.3 Å². The van der Waals surface area contributed by atoms with Gasteiger partial charge < -0.3 is 4.90 Å². The second kappa shape index (κ2) is 3.51. The fourth-order valence-corrected chi connectivity index (χ4v) is 1.55. The van der Waals surface area contributed by atoms with Crippen molar-refractivity contribution in [3.63, 3.8) is 0 Å². The Labute approximate surface area is 82.6 Å². The van der Waals surface area contributed by atoms with E-state index in [1.807, 2.05) is 6.07 Å². The summed E-state index contributed by atoms with van der Waals surface area (Å²) in [5, 5.41) is 8.91. The number of anilines is 1. The van der Waals surface area contributed by atoms with Crippen LogP contribution in [-0.2, 0) is 0 Å². The molecule has 0 aromatic heterocycles. The number of carbonyl (C=O) groups excluding carboxylic acids is 1. The van der Waals surface area contributed by atoms with Crippen molar-refractivity contribution in [1.82, 2.24) is 0 Å². The molecule has 0 N–H and O–H groups in total. The summed E-state index contributed by atoms with van der Waals surface area (Å²) in [6.07, 6.45) is 1.95. The summed E-state index contributed by atoms with van der Waals surface area (Å²) in [4.78, 5) is 12.7. The SMILES string of the molecule is N#Cc1cc(C=O)ccc1N1CCC1. The summed E-state index contributed by atoms with van der Waals surface area (Å²) in [5.74, 6) is 0. The molecule has 1 aliphatic heterocycles. The lowest BCUT2D eigenvalue weighted by atomic mass is 10.1. The van der Waals surface area contributed by atoms with Crippen LogP contribution in [-0.4, -0.2) is 19.4 Å². The van der Waals surface area contributed by atoms with E-state index in [4.69, 9.17) is 5.26 Å². The van der Waals surface area contributed by atoms with Crippen LogP contribution in [0.15, 0.2) is 18.2 Å². The van der Waals surface area contributed by atoms with Gasteiger partial charge in [-0.05, 0) is 24.6 Å². The monoisotopic (exact) mass is 186 g/mol. The molecule has 1 fully saturated rings. The molecule has 2 rings (SSSR count). The minimum Gasteiger partial charge on any atom is -0.370 e. The number of hydrogen-bond acceptors (Lipinski definition) is 3. The lowest BCUT2D eigenvalue weighted by Crippen LogP contribution is -2.37. The zero-order valence-electron chi connectivity index (χ0n) is 7.73. The van der Waals surface area contributed by atoms with Gasteiger partial charge in [-0.3, -0.25) is 4.79 Å². The molecule has 0 bridgehead atoms. The maximum atomic E-state index is 10.5. The topological polar surface area (TPSA) is 44.1 Å². The molecule has 1 aromatic rings. The van der Waals surface area contributed by atoms with E-state index in [2.05, 4.69) is 11.0 Å². The maximum Gasteiger partial charge on any atom is 0.150 e. The number of nitriles is 1. The van der Waals surface area contributed by atoms with E-state index in [-0.39, 0.29) is 0 Å². The minimum absolute atomic E-state index is 0.561. The van der Waals surface area contributed by atoms with Crippen LogP contribution in [0.4, 0.5) is 5.69 Å². The second-order valence-corrected chi connectivity index (χ2v) is 3.35. The predicted octanol–water partition coefficient (Wildman–Crippen LogP) is 1.58. The average Bonchev–Trinajstić information content (AvgIpc) is 2.16. The Morgan fingerprint density at radius 2 is 2.21 bits per heavy atom. The van der Waals surface area contributed by atoms with Crippen molar-refractivity contribution in [3.8, 4) is 6.07 Å². The molecule has 0 atom stereocenters. The number of hydrogen-bond donors (Lipinski definition) is 0. The van der Waals surface area contributed by atoms with Crippen LogP contribution < -0.4 is 4.90 Å². The Morgan fingerprint density at radius 1 is 1.43 bits per heavy atom. The smallest absolute Gasteiger partial charge is 0.150 e. The van der Waals surface area contributed by atoms with Crippen molar-refractivity contribution in [2.75, 3.05) is 18.0 Å². The third-order valence-corrected chi connectivity index (χ3v) is 2.47. The van der Waals surface area contributed by atoms with Gasteiger partial charge in [0.1, 0.15) is 12.4 Å². The van der Waals surface area contributed by atoms with Crippen molar-refractivity contribution in [2.24, 2.45) is 0 Å². The van der Waals surface area contributed by atoms with Gasteiger partial charge in [-0.15, -0.1) is 0 Å². The van der Waals surface area contributed by atoms with Crippen molar-refractivity contribution < 1.29 is 4.79 Å². The fourth-order valence-electron chi connectivity index (χ4n) is 1.55. The van der Waals surface area contributed by atoms with Gasteiger partial charge in [0.2, 0.25) is 0 Å². The molecule has 0 saturated carbocycles. The summed E-state index contributed by atoms with van der Waals surface area (Å²) in [7, 11) is 0. The number of carbonyl (C=O) groups is 1. The molecule has 0 amide bonds. The average molecular weight is 186 g/mol. The maximum absolute atomic E-state index is 10.5. The van der Waals surface area contributed by atoms with Crippen LogP contribution in [0.3, 0.4) is 0 Å². The van der Waals surface area contributed by atoms with Gasteiger partial charge in [0.25, 0.3) is 0 Å². The van der Waals surface area contributed by atoms with Crippen molar-refractivity contribution >= 4 is 12.0 Å². The first-order valence-electron chi connectivity index (χ1n) is 4.59. The summed E-state index contributed by atoms with van der Waals surface area (Å²) in [5.41, 5.74) is 2.10. The van der Waals surface area contributed by atoms with Crippen LogP contribution >= 0.6 is 0 Å². The molecule has 1 saturated heterocycles. The first kappa shape index (κ1) is 8.76. The van der Waals surface area contributed by atoms with E-state index in [0.717, 1.165) is 25.1 Å². The normalized spacial score (nSPS) is 14.4. The van der Waals surface area contributed by atoms with E-state index in [1.165, 1.54) is 6.42 Å². The molecular formula is C11H10N2O. The molecule has 0 unspecified atom stereocenters. The molecule has 1 aromatic carbocycles. The molecule has 0 aliphatic carbocycles. The summed E-state index contributed by atoms with van der Waals surface area (Å²) in [6.45, 7) is 2.02. The Bertz CT molecular complexity index is 402. The Kier molecular flexibility index (Phi) is 2.19. The number of rotatable bonds is 2. The molecule has 3 heteroatoms. The number of aldehydes is 1. The molecule has 0 radical (unpaired) electrons. The molecule has 0 spiro atoms. The minimum atomic E-state index is 0.561. The van der Waals surface area contributed by atoms with Crippen molar-refractivity contribution in [3.05, 3.63) is 29.3 Å². The first-order valence-corrected chi connectivity index (χ1v) is 4.59. The van der Waals surface area contributed by atoms with Crippen LogP contribution in [0.1, 0.15) is 22.3 Å². The van der Waals surface area contributed by atoms with Gasteiger partial charge >= 0.3 is 0 Å². The lowest BCUT2D eigenvalue weighted by molar-refractivity contribution is 0.112. The largest absolute Gasteiger partial charge is 0.370 e. The van der Waals surface area contributed by atoms with Gasteiger partial charge in [-0.25, -0.2) is 0 Å². The summed E-state index contributed by atoms with van der Waals surface area (Å²) >= 11 is 0. The van der Waals surface area contributed by atoms with E-state index in [1.54, 1.807) is 12.1 Å².